The van der Waals surface area contributed by atoms with Gasteiger partial charge in [-0.2, -0.15) is 0 Å². The fourth-order valence-electron chi connectivity index (χ4n) is 2.62. The van der Waals surface area contributed by atoms with E-state index in [0.29, 0.717) is 6.04 Å². The van der Waals surface area contributed by atoms with E-state index in [2.05, 4.69) is 22.0 Å². The lowest BCUT2D eigenvalue weighted by Crippen LogP contribution is -2.45. The van der Waals surface area contributed by atoms with Crippen molar-refractivity contribution in [2.45, 2.75) is 43.8 Å². The summed E-state index contributed by atoms with van der Waals surface area (Å²) in [5.74, 6) is 0. The second-order valence-corrected chi connectivity index (χ2v) is 3.87. The summed E-state index contributed by atoms with van der Waals surface area (Å²) >= 11 is 0. The fraction of sp³-hybridized carbons (Fsp3) is 1.00. The Morgan fingerprint density at radius 1 is 1.50 bits per heavy atom. The van der Waals surface area contributed by atoms with Gasteiger partial charge in [0.2, 0.25) is 0 Å². The largest absolute Gasteiger partial charge is 0.292 e. The Morgan fingerprint density at radius 3 is 3.08 bits per heavy atom. The molecule has 2 rings (SSSR count). The second kappa shape index (κ2) is 2.64. The first-order chi connectivity index (χ1) is 5.78. The molecular formula is C8H14N4. The van der Waals surface area contributed by atoms with Crippen molar-refractivity contribution in [3.05, 3.63) is 10.4 Å². The van der Waals surface area contributed by atoms with E-state index in [-0.39, 0.29) is 5.66 Å². The van der Waals surface area contributed by atoms with Crippen LogP contribution in [-0.4, -0.2) is 23.7 Å². The van der Waals surface area contributed by atoms with Crippen molar-refractivity contribution in [3.63, 3.8) is 0 Å². The normalized spacial score (nSPS) is 40.9. The first kappa shape index (κ1) is 7.90. The van der Waals surface area contributed by atoms with E-state index >= 15 is 0 Å². The summed E-state index contributed by atoms with van der Waals surface area (Å²) in [6.07, 6.45) is 5.80. The zero-order chi connectivity index (χ0) is 8.60. The third kappa shape index (κ3) is 0.919. The third-order valence-electron chi connectivity index (χ3n) is 3.43. The highest BCUT2D eigenvalue weighted by Gasteiger charge is 2.45. The van der Waals surface area contributed by atoms with E-state index in [9.17, 15) is 0 Å². The van der Waals surface area contributed by atoms with Crippen molar-refractivity contribution in [1.82, 2.24) is 4.90 Å². The van der Waals surface area contributed by atoms with Gasteiger partial charge in [-0.25, -0.2) is 0 Å². The Morgan fingerprint density at radius 2 is 2.33 bits per heavy atom. The molecule has 0 aromatic heterocycles. The molecule has 0 aliphatic carbocycles. The molecule has 2 saturated heterocycles. The molecule has 0 spiro atoms. The summed E-state index contributed by atoms with van der Waals surface area (Å²) in [6, 6.07) is 0.671. The van der Waals surface area contributed by atoms with Gasteiger partial charge in [0.05, 0.1) is 5.66 Å². The van der Waals surface area contributed by atoms with Crippen LogP contribution in [0.15, 0.2) is 5.11 Å². The molecule has 0 amide bonds. The lowest BCUT2D eigenvalue weighted by Gasteiger charge is -2.38. The molecule has 0 N–H and O–H groups in total. The average molecular weight is 166 g/mol. The minimum atomic E-state index is -0.155. The summed E-state index contributed by atoms with van der Waals surface area (Å²) in [5.41, 5.74) is 8.33. The molecule has 0 aromatic carbocycles. The summed E-state index contributed by atoms with van der Waals surface area (Å²) in [4.78, 5) is 5.24. The molecule has 2 heterocycles. The maximum atomic E-state index is 8.48. The predicted octanol–water partition coefficient (Wildman–Crippen LogP) is 2.27. The molecule has 2 aliphatic heterocycles. The molecular weight excluding hydrogens is 152 g/mol. The van der Waals surface area contributed by atoms with E-state index in [1.165, 1.54) is 19.3 Å². The van der Waals surface area contributed by atoms with Gasteiger partial charge in [-0.05, 0) is 44.7 Å². The molecule has 2 aliphatic rings. The number of azide groups is 1. The Labute approximate surface area is 72.2 Å². The Balaban J connectivity index is 2.29. The van der Waals surface area contributed by atoms with Crippen molar-refractivity contribution in [3.8, 4) is 0 Å². The average Bonchev–Trinajstić information content (AvgIpc) is 2.30. The van der Waals surface area contributed by atoms with Crippen LogP contribution in [0, 0.1) is 0 Å². The maximum Gasteiger partial charge on any atom is 0.1000 e. The van der Waals surface area contributed by atoms with E-state index in [1.807, 2.05) is 0 Å². The van der Waals surface area contributed by atoms with Gasteiger partial charge < -0.3 is 0 Å². The van der Waals surface area contributed by atoms with Gasteiger partial charge >= 0.3 is 0 Å². The quantitative estimate of drug-likeness (QED) is 0.335. The number of hydrogen-bond acceptors (Lipinski definition) is 2. The minimum Gasteiger partial charge on any atom is -0.292 e. The molecule has 12 heavy (non-hydrogen) atoms. The van der Waals surface area contributed by atoms with Crippen LogP contribution < -0.4 is 0 Å². The third-order valence-corrected chi connectivity index (χ3v) is 3.43. The highest BCUT2D eigenvalue weighted by molar-refractivity contribution is 5.00. The van der Waals surface area contributed by atoms with Gasteiger partial charge in [0, 0.05) is 11.0 Å². The molecule has 66 valence electrons. The lowest BCUT2D eigenvalue weighted by atomic mass is 9.99. The van der Waals surface area contributed by atoms with E-state index in [0.717, 1.165) is 12.8 Å². The van der Waals surface area contributed by atoms with Crippen molar-refractivity contribution in [2.24, 2.45) is 5.11 Å². The molecule has 0 unspecified atom stereocenters. The highest BCUT2D eigenvalue weighted by atomic mass is 15.4. The fourth-order valence-corrected chi connectivity index (χ4v) is 2.62. The van der Waals surface area contributed by atoms with Gasteiger partial charge in [0.15, 0.2) is 0 Å². The summed E-state index contributed by atoms with van der Waals surface area (Å²) in [6.45, 7) is 0. The van der Waals surface area contributed by atoms with Crippen molar-refractivity contribution in [1.29, 1.82) is 0 Å². The molecule has 2 fully saturated rings. The van der Waals surface area contributed by atoms with Gasteiger partial charge in [-0.15, -0.1) is 0 Å². The van der Waals surface area contributed by atoms with Crippen molar-refractivity contribution in [2.75, 3.05) is 7.05 Å². The lowest BCUT2D eigenvalue weighted by molar-refractivity contribution is 0.0881. The molecule has 2 bridgehead atoms. The van der Waals surface area contributed by atoms with Gasteiger partial charge in [0.1, 0.15) is 0 Å². The van der Waals surface area contributed by atoms with Crippen molar-refractivity contribution < 1.29 is 0 Å². The smallest absolute Gasteiger partial charge is 0.1000 e. The highest BCUT2D eigenvalue weighted by Crippen LogP contribution is 2.43. The van der Waals surface area contributed by atoms with Crippen molar-refractivity contribution >= 4 is 0 Å². The molecule has 4 nitrogen and oxygen atoms in total. The van der Waals surface area contributed by atoms with Crippen LogP contribution in [0.3, 0.4) is 0 Å². The molecule has 0 saturated carbocycles. The maximum absolute atomic E-state index is 8.48. The van der Waals surface area contributed by atoms with E-state index in [4.69, 9.17) is 5.53 Å². The first-order valence-corrected chi connectivity index (χ1v) is 4.58. The number of rotatable bonds is 1. The zero-order valence-electron chi connectivity index (χ0n) is 7.40. The van der Waals surface area contributed by atoms with Crippen LogP contribution in [-0.2, 0) is 0 Å². The predicted molar refractivity (Wildman–Crippen MR) is 46.5 cm³/mol. The van der Waals surface area contributed by atoms with Crippen LogP contribution in [0.2, 0.25) is 0 Å². The van der Waals surface area contributed by atoms with Gasteiger partial charge in [-0.1, -0.05) is 5.11 Å². The number of hydrogen-bond donors (Lipinski definition) is 0. The Bertz CT molecular complexity index is 229. The summed E-state index contributed by atoms with van der Waals surface area (Å²) in [7, 11) is 2.09. The van der Waals surface area contributed by atoms with Gasteiger partial charge in [-0.3, -0.25) is 4.90 Å². The molecule has 0 radical (unpaired) electrons. The standard InChI is InChI=1S/C8H14N4/c1-12-7-3-2-5-8(12,6-4-7)10-11-9/h7H,2-6H2,1H3/t7-,8+/m1/s1. The van der Waals surface area contributed by atoms with E-state index in [1.54, 1.807) is 0 Å². The van der Waals surface area contributed by atoms with Crippen LogP contribution in [0.25, 0.3) is 10.4 Å². The number of fused-ring (bicyclic) bond motifs is 2. The number of piperidine rings is 1. The van der Waals surface area contributed by atoms with Crippen LogP contribution in [0.5, 0.6) is 0 Å². The van der Waals surface area contributed by atoms with Gasteiger partial charge in [0.25, 0.3) is 0 Å². The minimum absolute atomic E-state index is 0.155. The zero-order valence-corrected chi connectivity index (χ0v) is 7.40. The molecule has 2 atom stereocenters. The topological polar surface area (TPSA) is 52.0 Å². The monoisotopic (exact) mass is 166 g/mol. The molecule has 4 heteroatoms. The van der Waals surface area contributed by atoms with Crippen LogP contribution >= 0.6 is 0 Å². The summed E-state index contributed by atoms with van der Waals surface area (Å²) < 4.78 is 0. The van der Waals surface area contributed by atoms with Crippen LogP contribution in [0.1, 0.15) is 32.1 Å². The Hall–Kier alpha value is -0.730. The van der Waals surface area contributed by atoms with Crippen LogP contribution in [0.4, 0.5) is 0 Å². The first-order valence-electron chi connectivity index (χ1n) is 4.58. The molecule has 0 aromatic rings. The summed E-state index contributed by atoms with van der Waals surface area (Å²) in [5, 5.41) is 3.96. The Kier molecular flexibility index (Phi) is 1.74. The number of nitrogens with zero attached hydrogens (tertiary/aromatic N) is 4. The van der Waals surface area contributed by atoms with E-state index < -0.39 is 0 Å². The second-order valence-electron chi connectivity index (χ2n) is 3.87. The SMILES string of the molecule is CN1[C@@H]2CCC[C@@]1(N=[N+]=[N-])CC2.